The van der Waals surface area contributed by atoms with Crippen LogP contribution in [-0.4, -0.2) is 21.9 Å². The van der Waals surface area contributed by atoms with Gasteiger partial charge in [-0.15, -0.1) is 0 Å². The largest absolute Gasteiger partial charge is 0.474 e. The topological polar surface area (TPSA) is 125 Å². The zero-order valence-electron chi connectivity index (χ0n) is 13.5. The van der Waals surface area contributed by atoms with Crippen LogP contribution in [0.5, 0.6) is 5.75 Å². The number of hydrogen-bond donors (Lipinski definition) is 1. The molecular formula is C16H15N3O6. The van der Waals surface area contributed by atoms with Crippen molar-refractivity contribution in [1.29, 1.82) is 0 Å². The molecule has 9 heteroatoms. The smallest absolute Gasteiger partial charge is 0.310 e. The predicted octanol–water partition coefficient (Wildman–Crippen LogP) is 3.22. The Morgan fingerprint density at radius 2 is 1.80 bits per heavy atom. The Balaban J connectivity index is 2.15. The lowest BCUT2D eigenvalue weighted by molar-refractivity contribution is -0.386. The summed E-state index contributed by atoms with van der Waals surface area (Å²) < 4.78 is 5.37. The van der Waals surface area contributed by atoms with Crippen molar-refractivity contribution in [1.82, 2.24) is 0 Å². The summed E-state index contributed by atoms with van der Waals surface area (Å²) in [6.45, 7) is 3.12. The molecule has 0 heterocycles. The Morgan fingerprint density at radius 3 is 2.44 bits per heavy atom. The van der Waals surface area contributed by atoms with Crippen LogP contribution in [-0.2, 0) is 4.79 Å². The number of anilines is 1. The van der Waals surface area contributed by atoms with Crippen LogP contribution in [0.2, 0.25) is 0 Å². The van der Waals surface area contributed by atoms with E-state index in [4.69, 9.17) is 4.74 Å². The number of non-ortho nitro benzene ring substituents is 1. The molecule has 0 unspecified atom stereocenters. The van der Waals surface area contributed by atoms with Crippen LogP contribution in [0.3, 0.4) is 0 Å². The third kappa shape index (κ3) is 4.28. The average molecular weight is 345 g/mol. The molecule has 0 aliphatic rings. The minimum absolute atomic E-state index is 0.0362. The maximum atomic E-state index is 12.3. The number of ether oxygens (including phenoxy) is 1. The zero-order valence-corrected chi connectivity index (χ0v) is 13.5. The van der Waals surface area contributed by atoms with Crippen molar-refractivity contribution >= 4 is 23.0 Å². The summed E-state index contributed by atoms with van der Waals surface area (Å²) in [5.41, 5.74) is 0.496. The van der Waals surface area contributed by atoms with E-state index >= 15 is 0 Å². The number of carbonyl (C=O) groups excluding carboxylic acids is 1. The van der Waals surface area contributed by atoms with Gasteiger partial charge in [0.2, 0.25) is 0 Å². The molecule has 0 aliphatic carbocycles. The average Bonchev–Trinajstić information content (AvgIpc) is 2.56. The first-order valence-corrected chi connectivity index (χ1v) is 7.25. The van der Waals surface area contributed by atoms with Crippen LogP contribution < -0.4 is 10.1 Å². The summed E-state index contributed by atoms with van der Waals surface area (Å²) in [5, 5.41) is 24.3. The van der Waals surface area contributed by atoms with Crippen molar-refractivity contribution in [2.24, 2.45) is 0 Å². The van der Waals surface area contributed by atoms with Crippen LogP contribution in [0.1, 0.15) is 12.5 Å². The van der Waals surface area contributed by atoms with Gasteiger partial charge in [-0.3, -0.25) is 25.0 Å². The minimum Gasteiger partial charge on any atom is -0.474 e. The van der Waals surface area contributed by atoms with Crippen LogP contribution in [0.15, 0.2) is 42.5 Å². The Hall–Kier alpha value is -3.49. The number of para-hydroxylation sites is 2. The van der Waals surface area contributed by atoms with Gasteiger partial charge in [-0.2, -0.15) is 0 Å². The number of nitrogens with one attached hydrogen (secondary N) is 1. The second-order valence-electron chi connectivity index (χ2n) is 5.23. The number of nitro benzene ring substituents is 2. The Kier molecular flexibility index (Phi) is 5.28. The summed E-state index contributed by atoms with van der Waals surface area (Å²) in [7, 11) is 0. The number of nitrogens with zero attached hydrogens (tertiary/aromatic N) is 2. The highest BCUT2D eigenvalue weighted by molar-refractivity contribution is 5.95. The summed E-state index contributed by atoms with van der Waals surface area (Å²) >= 11 is 0. The lowest BCUT2D eigenvalue weighted by atomic mass is 10.1. The van der Waals surface area contributed by atoms with Gasteiger partial charge in [-0.05, 0) is 25.5 Å². The number of hydrogen-bond acceptors (Lipinski definition) is 6. The first-order chi connectivity index (χ1) is 11.8. The highest BCUT2D eigenvalue weighted by atomic mass is 16.6. The number of aryl methyl sites for hydroxylation is 1. The van der Waals surface area contributed by atoms with Gasteiger partial charge in [0.05, 0.1) is 15.5 Å². The third-order valence-corrected chi connectivity index (χ3v) is 3.42. The van der Waals surface area contributed by atoms with E-state index in [0.717, 1.165) is 0 Å². The van der Waals surface area contributed by atoms with E-state index in [-0.39, 0.29) is 22.8 Å². The van der Waals surface area contributed by atoms with E-state index in [0.29, 0.717) is 5.56 Å². The van der Waals surface area contributed by atoms with Crippen LogP contribution in [0.4, 0.5) is 17.1 Å². The van der Waals surface area contributed by atoms with Crippen molar-refractivity contribution in [2.45, 2.75) is 20.0 Å². The third-order valence-electron chi connectivity index (χ3n) is 3.42. The summed E-state index contributed by atoms with van der Waals surface area (Å²) in [6.07, 6.45) is -1.04. The van der Waals surface area contributed by atoms with E-state index in [1.165, 1.54) is 43.3 Å². The van der Waals surface area contributed by atoms with Crippen LogP contribution in [0, 0.1) is 27.2 Å². The molecule has 1 atom stereocenters. The van der Waals surface area contributed by atoms with Gasteiger partial charge in [-0.25, -0.2) is 0 Å². The normalized spacial score (nSPS) is 11.4. The van der Waals surface area contributed by atoms with E-state index in [9.17, 15) is 25.0 Å². The molecule has 9 nitrogen and oxygen atoms in total. The van der Waals surface area contributed by atoms with Crippen molar-refractivity contribution in [2.75, 3.05) is 5.32 Å². The fourth-order valence-corrected chi connectivity index (χ4v) is 2.04. The molecular weight excluding hydrogens is 330 g/mol. The molecule has 130 valence electrons. The zero-order chi connectivity index (χ0) is 18.6. The molecule has 25 heavy (non-hydrogen) atoms. The second-order valence-corrected chi connectivity index (χ2v) is 5.23. The maximum absolute atomic E-state index is 12.3. The monoisotopic (exact) mass is 345 g/mol. The van der Waals surface area contributed by atoms with E-state index in [2.05, 4.69) is 5.32 Å². The molecule has 2 aromatic carbocycles. The Bertz CT molecular complexity index is 836. The molecule has 0 bridgehead atoms. The minimum atomic E-state index is -1.04. The maximum Gasteiger partial charge on any atom is 0.310 e. The van der Waals surface area contributed by atoms with Crippen molar-refractivity contribution < 1.29 is 19.4 Å². The van der Waals surface area contributed by atoms with Gasteiger partial charge in [-0.1, -0.05) is 18.2 Å². The van der Waals surface area contributed by atoms with Crippen LogP contribution >= 0.6 is 0 Å². The first kappa shape index (κ1) is 17.9. The lowest BCUT2D eigenvalue weighted by Crippen LogP contribution is -2.30. The fraction of sp³-hybridized carbons (Fsp3) is 0.188. The van der Waals surface area contributed by atoms with Gasteiger partial charge >= 0.3 is 5.69 Å². The van der Waals surface area contributed by atoms with Gasteiger partial charge in [0.15, 0.2) is 11.9 Å². The molecule has 0 fully saturated rings. The van der Waals surface area contributed by atoms with Crippen LogP contribution in [0.25, 0.3) is 0 Å². The van der Waals surface area contributed by atoms with E-state index < -0.39 is 21.9 Å². The number of rotatable bonds is 6. The molecule has 0 spiro atoms. The molecule has 2 aromatic rings. The number of carbonyl (C=O) groups is 1. The highest BCUT2D eigenvalue weighted by Gasteiger charge is 2.21. The molecule has 0 saturated heterocycles. The quantitative estimate of drug-likeness (QED) is 0.633. The number of nitro groups is 2. The fourth-order valence-electron chi connectivity index (χ4n) is 2.04. The first-order valence-electron chi connectivity index (χ1n) is 7.25. The lowest BCUT2D eigenvalue weighted by Gasteiger charge is -2.15. The van der Waals surface area contributed by atoms with E-state index in [1.807, 2.05) is 0 Å². The molecule has 1 amide bonds. The summed E-state index contributed by atoms with van der Waals surface area (Å²) in [6, 6.07) is 9.79. The number of benzene rings is 2. The standard InChI is InChI=1S/C16H15N3O6/c1-10-7-8-12(18(21)22)9-13(10)17-16(20)11(2)25-15-6-4-3-5-14(15)19(23)24/h3-9,11H,1-2H3,(H,17,20)/t11-/m1/s1. The molecule has 0 radical (unpaired) electrons. The van der Waals surface area contributed by atoms with Crippen molar-refractivity contribution in [3.05, 3.63) is 68.3 Å². The summed E-state index contributed by atoms with van der Waals surface area (Å²) in [4.78, 5) is 32.9. The molecule has 0 aliphatic heterocycles. The molecule has 2 rings (SSSR count). The van der Waals surface area contributed by atoms with Gasteiger partial charge in [0.25, 0.3) is 11.6 Å². The van der Waals surface area contributed by atoms with Crippen molar-refractivity contribution in [3.8, 4) is 5.75 Å². The SMILES string of the molecule is Cc1ccc([N+](=O)[O-])cc1NC(=O)[C@@H](C)Oc1ccccc1[N+](=O)[O-]. The van der Waals surface area contributed by atoms with E-state index in [1.54, 1.807) is 13.0 Å². The number of amides is 1. The van der Waals surface area contributed by atoms with Crippen molar-refractivity contribution in [3.63, 3.8) is 0 Å². The summed E-state index contributed by atoms with van der Waals surface area (Å²) in [5.74, 6) is -0.618. The Labute approximate surface area is 142 Å². The highest BCUT2D eigenvalue weighted by Crippen LogP contribution is 2.27. The molecule has 0 aromatic heterocycles. The van der Waals surface area contributed by atoms with Gasteiger partial charge < -0.3 is 10.1 Å². The second kappa shape index (κ2) is 7.39. The predicted molar refractivity (Wildman–Crippen MR) is 89.6 cm³/mol. The van der Waals surface area contributed by atoms with Gasteiger partial charge in [0, 0.05) is 18.2 Å². The molecule has 0 saturated carbocycles. The Morgan fingerprint density at radius 1 is 1.12 bits per heavy atom. The van der Waals surface area contributed by atoms with Gasteiger partial charge in [0.1, 0.15) is 0 Å². The molecule has 1 N–H and O–H groups in total.